The zero-order chi connectivity index (χ0) is 17.1. The van der Waals surface area contributed by atoms with E-state index in [0.717, 1.165) is 42.4 Å². The molecule has 2 aromatic rings. The van der Waals surface area contributed by atoms with Crippen LogP contribution in [0.3, 0.4) is 0 Å². The van der Waals surface area contributed by atoms with Gasteiger partial charge in [0.05, 0.1) is 14.2 Å². The quantitative estimate of drug-likeness (QED) is 0.840. The molecule has 0 saturated carbocycles. The van der Waals surface area contributed by atoms with E-state index in [1.165, 1.54) is 27.8 Å². The van der Waals surface area contributed by atoms with Gasteiger partial charge in [-0.05, 0) is 54.8 Å². The number of ether oxygens (including phenoxy) is 4. The molecule has 0 unspecified atom stereocenters. The predicted molar refractivity (Wildman–Crippen MR) is 93.9 cm³/mol. The number of likely N-dealkylation sites (N-methyl/N-ethyl adjacent to an activating group) is 1. The average molecular weight is 339 g/mol. The molecule has 0 fully saturated rings. The van der Waals surface area contributed by atoms with Gasteiger partial charge in [-0.1, -0.05) is 0 Å². The first-order chi connectivity index (χ1) is 12.2. The minimum Gasteiger partial charge on any atom is -0.493 e. The Hall–Kier alpha value is -2.40. The molecule has 5 heteroatoms. The Morgan fingerprint density at radius 1 is 1.16 bits per heavy atom. The molecule has 0 spiro atoms. The van der Waals surface area contributed by atoms with E-state index in [2.05, 4.69) is 24.1 Å². The van der Waals surface area contributed by atoms with E-state index in [-0.39, 0.29) is 6.79 Å². The number of rotatable bonds is 2. The van der Waals surface area contributed by atoms with Crippen molar-refractivity contribution in [1.29, 1.82) is 0 Å². The minimum atomic E-state index is 0.286. The number of methoxy groups -OCH3 is 2. The number of fused-ring (bicyclic) bond motifs is 4. The fourth-order valence-corrected chi connectivity index (χ4v) is 4.52. The Bertz CT molecular complexity index is 877. The second-order valence-electron chi connectivity index (χ2n) is 6.84. The summed E-state index contributed by atoms with van der Waals surface area (Å²) in [5.74, 6) is 3.32. The van der Waals surface area contributed by atoms with Gasteiger partial charge in [0.15, 0.2) is 23.0 Å². The molecule has 5 nitrogen and oxygen atoms in total. The fraction of sp³-hybridized carbons (Fsp3) is 0.400. The van der Waals surface area contributed by atoms with E-state index in [1.807, 2.05) is 6.07 Å². The van der Waals surface area contributed by atoms with Crippen molar-refractivity contribution in [1.82, 2.24) is 4.90 Å². The lowest BCUT2D eigenvalue weighted by Gasteiger charge is -2.40. The first kappa shape index (κ1) is 14.9. The molecule has 25 heavy (non-hydrogen) atoms. The second kappa shape index (κ2) is 5.30. The number of benzene rings is 2. The number of hydrogen-bond acceptors (Lipinski definition) is 5. The van der Waals surface area contributed by atoms with Crippen LogP contribution in [0.15, 0.2) is 18.2 Å². The Balaban J connectivity index is 1.85. The smallest absolute Gasteiger partial charge is 0.231 e. The topological polar surface area (TPSA) is 40.2 Å². The van der Waals surface area contributed by atoms with Crippen molar-refractivity contribution in [3.63, 3.8) is 0 Å². The molecular weight excluding hydrogens is 318 g/mol. The first-order valence-corrected chi connectivity index (χ1v) is 8.62. The van der Waals surface area contributed by atoms with Crippen LogP contribution in [0, 0.1) is 0 Å². The van der Waals surface area contributed by atoms with Crippen molar-refractivity contribution >= 4 is 0 Å². The Kier molecular flexibility index (Phi) is 3.16. The van der Waals surface area contributed by atoms with Crippen LogP contribution in [0.4, 0.5) is 0 Å². The molecule has 2 aliphatic heterocycles. The van der Waals surface area contributed by atoms with Gasteiger partial charge in [-0.15, -0.1) is 0 Å². The van der Waals surface area contributed by atoms with Crippen LogP contribution < -0.4 is 18.9 Å². The molecule has 5 rings (SSSR count). The maximum Gasteiger partial charge on any atom is 0.231 e. The van der Waals surface area contributed by atoms with Crippen LogP contribution in [-0.4, -0.2) is 39.5 Å². The van der Waals surface area contributed by atoms with Crippen molar-refractivity contribution in [2.45, 2.75) is 18.9 Å². The first-order valence-electron chi connectivity index (χ1n) is 8.62. The van der Waals surface area contributed by atoms with E-state index in [9.17, 15) is 0 Å². The van der Waals surface area contributed by atoms with Crippen LogP contribution in [-0.2, 0) is 12.8 Å². The molecule has 0 amide bonds. The zero-order valence-electron chi connectivity index (χ0n) is 14.7. The third-order valence-corrected chi connectivity index (χ3v) is 5.70. The fourth-order valence-electron chi connectivity index (χ4n) is 4.52. The van der Waals surface area contributed by atoms with Crippen molar-refractivity contribution in [2.24, 2.45) is 0 Å². The number of nitrogens with zero attached hydrogens (tertiary/aromatic N) is 1. The third-order valence-electron chi connectivity index (χ3n) is 5.70. The third kappa shape index (κ3) is 1.93. The highest BCUT2D eigenvalue weighted by Crippen LogP contribution is 2.56. The molecule has 0 aromatic heterocycles. The van der Waals surface area contributed by atoms with Crippen LogP contribution in [0.25, 0.3) is 11.1 Å². The molecule has 0 radical (unpaired) electrons. The number of hydrogen-bond donors (Lipinski definition) is 0. The van der Waals surface area contributed by atoms with E-state index in [4.69, 9.17) is 18.9 Å². The molecule has 130 valence electrons. The van der Waals surface area contributed by atoms with Gasteiger partial charge in [-0.25, -0.2) is 0 Å². The highest BCUT2D eigenvalue weighted by Gasteiger charge is 2.39. The van der Waals surface area contributed by atoms with E-state index >= 15 is 0 Å². The SMILES string of the molecule is COc1ccc2c(c1OC)C[C@@H]1c3c(cc4c(c3-2)OCO4)CCN1C. The maximum atomic E-state index is 5.88. The van der Waals surface area contributed by atoms with E-state index < -0.39 is 0 Å². The lowest BCUT2D eigenvalue weighted by molar-refractivity contribution is 0.174. The summed E-state index contributed by atoms with van der Waals surface area (Å²) in [6.07, 6.45) is 1.94. The van der Waals surface area contributed by atoms with E-state index in [1.54, 1.807) is 14.2 Å². The molecular formula is C20H21NO4. The normalized spacial score (nSPS) is 20.0. The lowest BCUT2D eigenvalue weighted by atomic mass is 9.76. The van der Waals surface area contributed by atoms with Gasteiger partial charge in [0, 0.05) is 23.7 Å². The predicted octanol–water partition coefficient (Wildman–Crippen LogP) is 3.18. The van der Waals surface area contributed by atoms with Gasteiger partial charge in [0.2, 0.25) is 6.79 Å². The summed E-state index contributed by atoms with van der Waals surface area (Å²) in [7, 11) is 5.58. The Morgan fingerprint density at radius 2 is 2.04 bits per heavy atom. The minimum absolute atomic E-state index is 0.286. The molecule has 3 aliphatic rings. The molecule has 0 bridgehead atoms. The van der Waals surface area contributed by atoms with Gasteiger partial charge in [0.25, 0.3) is 0 Å². The molecule has 0 saturated heterocycles. The van der Waals surface area contributed by atoms with Crippen molar-refractivity contribution < 1.29 is 18.9 Å². The molecule has 2 aromatic carbocycles. The summed E-state index contributed by atoms with van der Waals surface area (Å²) < 4.78 is 22.8. The average Bonchev–Trinajstić information content (AvgIpc) is 3.11. The zero-order valence-corrected chi connectivity index (χ0v) is 14.7. The highest BCUT2D eigenvalue weighted by molar-refractivity contribution is 5.86. The van der Waals surface area contributed by atoms with Gasteiger partial charge >= 0.3 is 0 Å². The van der Waals surface area contributed by atoms with Crippen LogP contribution in [0.2, 0.25) is 0 Å². The summed E-state index contributed by atoms with van der Waals surface area (Å²) >= 11 is 0. The van der Waals surface area contributed by atoms with E-state index in [0.29, 0.717) is 6.04 Å². The maximum absolute atomic E-state index is 5.88. The van der Waals surface area contributed by atoms with Crippen molar-refractivity contribution in [3.05, 3.63) is 34.9 Å². The van der Waals surface area contributed by atoms with Gasteiger partial charge in [-0.3, -0.25) is 4.90 Å². The Morgan fingerprint density at radius 3 is 2.84 bits per heavy atom. The highest BCUT2D eigenvalue weighted by atomic mass is 16.7. The van der Waals surface area contributed by atoms with Gasteiger partial charge < -0.3 is 18.9 Å². The Labute approximate surface area is 147 Å². The molecule has 0 N–H and O–H groups in total. The standard InChI is InChI=1S/C20H21NO4/c1-21-7-6-11-8-16-20(25-10-24-16)18-12-4-5-15(22-2)19(23-3)13(12)9-14(21)17(11)18/h4-5,8,14H,6-7,9-10H2,1-3H3/t14-/m1/s1. The van der Waals surface area contributed by atoms with Gasteiger partial charge in [-0.2, -0.15) is 0 Å². The summed E-state index contributed by atoms with van der Waals surface area (Å²) in [5.41, 5.74) is 6.29. The van der Waals surface area contributed by atoms with Crippen LogP contribution in [0.5, 0.6) is 23.0 Å². The lowest BCUT2D eigenvalue weighted by Crippen LogP contribution is -2.35. The summed E-state index contributed by atoms with van der Waals surface area (Å²) in [6.45, 7) is 1.33. The van der Waals surface area contributed by atoms with Crippen molar-refractivity contribution in [2.75, 3.05) is 34.6 Å². The van der Waals surface area contributed by atoms with Crippen LogP contribution in [0.1, 0.15) is 22.7 Å². The summed E-state index contributed by atoms with van der Waals surface area (Å²) in [4.78, 5) is 2.43. The summed E-state index contributed by atoms with van der Waals surface area (Å²) in [6, 6.07) is 6.60. The largest absolute Gasteiger partial charge is 0.493 e. The molecule has 1 atom stereocenters. The second-order valence-corrected chi connectivity index (χ2v) is 6.84. The molecule has 1 aliphatic carbocycles. The van der Waals surface area contributed by atoms with Crippen molar-refractivity contribution in [3.8, 4) is 34.1 Å². The monoisotopic (exact) mass is 339 g/mol. The summed E-state index contributed by atoms with van der Waals surface area (Å²) in [5, 5.41) is 0. The van der Waals surface area contributed by atoms with Gasteiger partial charge in [0.1, 0.15) is 0 Å². The molecule has 2 heterocycles. The van der Waals surface area contributed by atoms with Crippen LogP contribution >= 0.6 is 0 Å².